The van der Waals surface area contributed by atoms with E-state index in [1.165, 1.54) is 17.5 Å². The quantitative estimate of drug-likeness (QED) is 0.612. The molecule has 2 N–H and O–H groups in total. The van der Waals surface area contributed by atoms with Gasteiger partial charge in [0.15, 0.2) is 0 Å². The lowest BCUT2D eigenvalue weighted by molar-refractivity contribution is -0.138. The van der Waals surface area contributed by atoms with Crippen molar-refractivity contribution in [3.05, 3.63) is 40.5 Å². The highest BCUT2D eigenvalue weighted by atomic mass is 32.1. The van der Waals surface area contributed by atoms with Gasteiger partial charge in [-0.25, -0.2) is 14.8 Å². The molecule has 0 aliphatic heterocycles. The van der Waals surface area contributed by atoms with Crippen molar-refractivity contribution in [3.63, 3.8) is 0 Å². The number of carboxylic acids is 1. The van der Waals surface area contributed by atoms with Crippen molar-refractivity contribution in [3.8, 4) is 11.1 Å². The van der Waals surface area contributed by atoms with Crippen LogP contribution in [0.25, 0.3) is 21.3 Å². The molecule has 0 bridgehead atoms. The largest absolute Gasteiger partial charge is 0.480 e. The summed E-state index contributed by atoms with van der Waals surface area (Å²) in [5, 5.41) is 13.7. The molecule has 0 fully saturated rings. The van der Waals surface area contributed by atoms with E-state index in [0.717, 1.165) is 26.2 Å². The number of benzene rings is 1. The Morgan fingerprint density at radius 1 is 1.19 bits per heavy atom. The number of nitrogens with zero attached hydrogens (tertiary/aromatic N) is 2. The third kappa shape index (κ3) is 3.95. The predicted octanol–water partition coefficient (Wildman–Crippen LogP) is 5.19. The highest BCUT2D eigenvalue weighted by molar-refractivity contribution is 7.19. The number of anilines is 1. The Labute approximate surface area is 163 Å². The van der Waals surface area contributed by atoms with E-state index in [-0.39, 0.29) is 5.92 Å². The molecule has 0 saturated heterocycles. The fourth-order valence-corrected chi connectivity index (χ4v) is 4.27. The van der Waals surface area contributed by atoms with Crippen LogP contribution in [0.1, 0.15) is 36.3 Å². The minimum atomic E-state index is -0.866. The maximum absolute atomic E-state index is 11.7. The standard InChI is InChI=1S/C21H25N3O2S/c1-11(2)8-16(21(25)26)24-19-18-17(14(5)27-20(18)23-10-22-19)15-7-6-12(3)13(4)9-15/h6-7,9-11,16H,8H2,1-5H3,(H,25,26)(H,22,23,24). The molecule has 0 amide bonds. The SMILES string of the molecule is Cc1ccc(-c2c(C)sc3ncnc(NC(CC(C)C)C(=O)O)c23)cc1C. The summed E-state index contributed by atoms with van der Waals surface area (Å²) in [6.45, 7) is 10.3. The van der Waals surface area contributed by atoms with Crippen LogP contribution in [-0.2, 0) is 4.79 Å². The summed E-state index contributed by atoms with van der Waals surface area (Å²) in [5.74, 6) is -0.0138. The van der Waals surface area contributed by atoms with Crippen LogP contribution in [0.4, 0.5) is 5.82 Å². The number of nitrogens with one attached hydrogen (secondary N) is 1. The van der Waals surface area contributed by atoms with Gasteiger partial charge in [-0.2, -0.15) is 0 Å². The van der Waals surface area contributed by atoms with Crippen molar-refractivity contribution >= 4 is 33.3 Å². The Morgan fingerprint density at radius 3 is 2.56 bits per heavy atom. The molecule has 6 heteroatoms. The van der Waals surface area contributed by atoms with E-state index in [0.29, 0.717) is 12.2 Å². The second-order valence-electron chi connectivity index (χ2n) is 7.40. The van der Waals surface area contributed by atoms with Crippen molar-refractivity contribution in [2.45, 2.75) is 47.1 Å². The Kier molecular flexibility index (Phi) is 5.46. The topological polar surface area (TPSA) is 75.1 Å². The third-order valence-corrected chi connectivity index (χ3v) is 5.79. The van der Waals surface area contributed by atoms with Gasteiger partial charge in [0.1, 0.15) is 23.0 Å². The first-order chi connectivity index (χ1) is 12.8. The van der Waals surface area contributed by atoms with Gasteiger partial charge >= 0.3 is 5.97 Å². The normalized spacial score (nSPS) is 12.5. The molecule has 1 aromatic carbocycles. The highest BCUT2D eigenvalue weighted by Crippen LogP contribution is 2.41. The zero-order valence-corrected chi connectivity index (χ0v) is 17.1. The zero-order chi connectivity index (χ0) is 19.7. The molecule has 2 heterocycles. The average molecular weight is 384 g/mol. The number of rotatable bonds is 6. The van der Waals surface area contributed by atoms with Gasteiger partial charge in [0.2, 0.25) is 0 Å². The Balaban J connectivity index is 2.14. The van der Waals surface area contributed by atoms with Crippen LogP contribution < -0.4 is 5.32 Å². The van der Waals surface area contributed by atoms with Gasteiger partial charge in [-0.1, -0.05) is 32.0 Å². The first-order valence-electron chi connectivity index (χ1n) is 9.09. The lowest BCUT2D eigenvalue weighted by Gasteiger charge is -2.18. The molecule has 1 unspecified atom stereocenters. The minimum Gasteiger partial charge on any atom is -0.480 e. The molecule has 1 atom stereocenters. The number of hydrogen-bond donors (Lipinski definition) is 2. The van der Waals surface area contributed by atoms with E-state index >= 15 is 0 Å². The van der Waals surface area contributed by atoms with E-state index in [9.17, 15) is 9.90 Å². The van der Waals surface area contributed by atoms with Crippen molar-refractivity contribution in [1.82, 2.24) is 9.97 Å². The predicted molar refractivity (Wildman–Crippen MR) is 112 cm³/mol. The van der Waals surface area contributed by atoms with Crippen LogP contribution >= 0.6 is 11.3 Å². The van der Waals surface area contributed by atoms with Crippen LogP contribution in [-0.4, -0.2) is 27.1 Å². The fourth-order valence-electron chi connectivity index (χ4n) is 3.26. The molecule has 3 aromatic rings. The number of carboxylic acid groups (broad SMARTS) is 1. The summed E-state index contributed by atoms with van der Waals surface area (Å²) in [4.78, 5) is 22.5. The summed E-state index contributed by atoms with van der Waals surface area (Å²) < 4.78 is 0. The summed E-state index contributed by atoms with van der Waals surface area (Å²) in [6, 6.07) is 5.71. The maximum Gasteiger partial charge on any atom is 0.326 e. The highest BCUT2D eigenvalue weighted by Gasteiger charge is 2.23. The molecule has 142 valence electrons. The van der Waals surface area contributed by atoms with Crippen molar-refractivity contribution in [2.75, 3.05) is 5.32 Å². The average Bonchev–Trinajstić information content (AvgIpc) is 2.93. The second kappa shape index (κ2) is 7.64. The zero-order valence-electron chi connectivity index (χ0n) is 16.3. The third-order valence-electron chi connectivity index (χ3n) is 4.78. The fraction of sp³-hybridized carbons (Fsp3) is 0.381. The van der Waals surface area contributed by atoms with Gasteiger partial charge in [-0.3, -0.25) is 0 Å². The van der Waals surface area contributed by atoms with Crippen LogP contribution in [0, 0.1) is 26.7 Å². The van der Waals surface area contributed by atoms with Crippen LogP contribution in [0.15, 0.2) is 24.5 Å². The Bertz CT molecular complexity index is 995. The summed E-state index contributed by atoms with van der Waals surface area (Å²) in [5.41, 5.74) is 4.65. The van der Waals surface area contributed by atoms with Crippen LogP contribution in [0.3, 0.4) is 0 Å². The molecule has 0 aliphatic rings. The molecule has 3 rings (SSSR count). The summed E-state index contributed by atoms with van der Waals surface area (Å²) in [6.07, 6.45) is 2.03. The molecule has 0 spiro atoms. The second-order valence-corrected chi connectivity index (χ2v) is 8.60. The molecule has 0 saturated carbocycles. The van der Waals surface area contributed by atoms with E-state index in [1.807, 2.05) is 13.8 Å². The number of thiophene rings is 1. The van der Waals surface area contributed by atoms with Gasteiger partial charge in [0.25, 0.3) is 0 Å². The van der Waals surface area contributed by atoms with E-state index < -0.39 is 12.0 Å². The van der Waals surface area contributed by atoms with Gasteiger partial charge in [-0.15, -0.1) is 11.3 Å². The molecule has 5 nitrogen and oxygen atoms in total. The minimum absolute atomic E-state index is 0.263. The molecular weight excluding hydrogens is 358 g/mol. The van der Waals surface area contributed by atoms with Gasteiger partial charge in [0, 0.05) is 10.4 Å². The van der Waals surface area contributed by atoms with Crippen LogP contribution in [0.5, 0.6) is 0 Å². The monoisotopic (exact) mass is 383 g/mol. The van der Waals surface area contributed by atoms with Gasteiger partial charge in [0.05, 0.1) is 5.39 Å². The maximum atomic E-state index is 11.7. The number of hydrogen-bond acceptors (Lipinski definition) is 5. The Morgan fingerprint density at radius 2 is 1.93 bits per heavy atom. The number of aromatic nitrogens is 2. The van der Waals surface area contributed by atoms with Crippen molar-refractivity contribution in [1.29, 1.82) is 0 Å². The first kappa shape index (κ1) is 19.3. The molecule has 27 heavy (non-hydrogen) atoms. The van der Waals surface area contributed by atoms with Crippen molar-refractivity contribution in [2.24, 2.45) is 5.92 Å². The molecule has 2 aromatic heterocycles. The lowest BCUT2D eigenvalue weighted by atomic mass is 9.98. The summed E-state index contributed by atoms with van der Waals surface area (Å²) in [7, 11) is 0. The first-order valence-corrected chi connectivity index (χ1v) is 9.90. The smallest absolute Gasteiger partial charge is 0.326 e. The van der Waals surface area contributed by atoms with E-state index in [1.54, 1.807) is 11.3 Å². The van der Waals surface area contributed by atoms with Gasteiger partial charge < -0.3 is 10.4 Å². The molecular formula is C21H25N3O2S. The Hall–Kier alpha value is -2.47. The molecule has 0 aliphatic carbocycles. The van der Waals surface area contributed by atoms with E-state index in [4.69, 9.17) is 0 Å². The van der Waals surface area contributed by atoms with Crippen LogP contribution in [0.2, 0.25) is 0 Å². The number of carbonyl (C=O) groups is 1. The number of fused-ring (bicyclic) bond motifs is 1. The number of aryl methyl sites for hydroxylation is 3. The van der Waals surface area contributed by atoms with Crippen molar-refractivity contribution < 1.29 is 9.90 Å². The van der Waals surface area contributed by atoms with E-state index in [2.05, 4.69) is 54.3 Å². The van der Waals surface area contributed by atoms with Gasteiger partial charge in [-0.05, 0) is 49.8 Å². The lowest BCUT2D eigenvalue weighted by Crippen LogP contribution is -2.31. The number of aliphatic carboxylic acids is 1. The summed E-state index contributed by atoms with van der Waals surface area (Å²) >= 11 is 1.61. The molecule has 0 radical (unpaired) electrons.